The van der Waals surface area contributed by atoms with Gasteiger partial charge in [0.15, 0.2) is 0 Å². The van der Waals surface area contributed by atoms with E-state index in [1.54, 1.807) is 0 Å². The predicted molar refractivity (Wildman–Crippen MR) is 66.1 cm³/mol. The van der Waals surface area contributed by atoms with Crippen LogP contribution in [-0.4, -0.2) is 41.8 Å². The number of carbonyl (C=O) groups excluding carboxylic acids is 2. The minimum Gasteiger partial charge on any atom is -0.448 e. The highest BCUT2D eigenvalue weighted by Gasteiger charge is 2.09. The van der Waals surface area contributed by atoms with Crippen LogP contribution in [0.3, 0.4) is 0 Å². The molecule has 0 aliphatic rings. The number of hydrogen-bond acceptors (Lipinski definition) is 5. The lowest BCUT2D eigenvalue weighted by molar-refractivity contribution is 0.0936. The molecular weight excluding hydrogens is 250 g/mol. The Labute approximate surface area is 109 Å². The van der Waals surface area contributed by atoms with Crippen molar-refractivity contribution in [3.8, 4) is 11.8 Å². The van der Waals surface area contributed by atoms with Gasteiger partial charge in [0.2, 0.25) is 0 Å². The molecule has 1 rings (SSSR count). The zero-order valence-electron chi connectivity index (χ0n) is 10.0. The summed E-state index contributed by atoms with van der Waals surface area (Å²) in [5.41, 5.74) is 5.51. The Hall–Kier alpha value is -2.59. The van der Waals surface area contributed by atoms with Gasteiger partial charge in [-0.15, -0.1) is 0 Å². The van der Waals surface area contributed by atoms with Gasteiger partial charge in [-0.05, 0) is 6.07 Å². The molecule has 7 nitrogen and oxygen atoms in total. The number of carbonyl (C=O) groups is 2. The predicted octanol–water partition coefficient (Wildman–Crippen LogP) is -0.750. The maximum absolute atomic E-state index is 11.8. The molecule has 1 aromatic rings. The molecule has 1 heterocycles. The number of aliphatic hydroxyl groups excluding tert-OH is 1. The van der Waals surface area contributed by atoms with Gasteiger partial charge >= 0.3 is 6.09 Å². The molecule has 0 aliphatic carbocycles. The van der Waals surface area contributed by atoms with E-state index in [0.29, 0.717) is 11.1 Å². The number of nitrogens with zero attached hydrogens (tertiary/aromatic N) is 1. The first-order valence-corrected chi connectivity index (χ1v) is 5.39. The summed E-state index contributed by atoms with van der Waals surface area (Å²) in [5, 5.41) is 11.2. The average molecular weight is 263 g/mol. The van der Waals surface area contributed by atoms with Gasteiger partial charge in [-0.25, -0.2) is 4.79 Å². The van der Waals surface area contributed by atoms with Crippen LogP contribution in [0.15, 0.2) is 18.5 Å². The first kappa shape index (κ1) is 14.5. The summed E-state index contributed by atoms with van der Waals surface area (Å²) in [4.78, 5) is 26.0. The summed E-state index contributed by atoms with van der Waals surface area (Å²) in [5.74, 6) is 4.69. The molecule has 0 atom stereocenters. The molecular formula is C12H13N3O4. The van der Waals surface area contributed by atoms with Crippen LogP contribution in [-0.2, 0) is 4.74 Å². The number of aromatic nitrogens is 1. The lowest BCUT2D eigenvalue weighted by Gasteiger charge is -2.06. The maximum Gasteiger partial charge on any atom is 0.404 e. The summed E-state index contributed by atoms with van der Waals surface area (Å²) >= 11 is 0. The normalized spacial score (nSPS) is 9.11. The summed E-state index contributed by atoms with van der Waals surface area (Å²) in [6.45, 7) is -0.177. The lowest BCUT2D eigenvalue weighted by Crippen LogP contribution is -2.29. The molecule has 0 bridgehead atoms. The molecule has 100 valence electrons. The van der Waals surface area contributed by atoms with Gasteiger partial charge < -0.3 is 20.9 Å². The largest absolute Gasteiger partial charge is 0.448 e. The summed E-state index contributed by atoms with van der Waals surface area (Å²) in [6, 6.07) is 1.51. The number of rotatable bonds is 4. The van der Waals surface area contributed by atoms with Crippen molar-refractivity contribution in [1.82, 2.24) is 10.3 Å². The third-order valence-corrected chi connectivity index (χ3v) is 2.00. The second kappa shape index (κ2) is 7.68. The highest BCUT2D eigenvalue weighted by Crippen LogP contribution is 2.04. The molecule has 0 aliphatic heterocycles. The number of amides is 2. The van der Waals surface area contributed by atoms with Gasteiger partial charge in [0.1, 0.15) is 13.2 Å². The lowest BCUT2D eigenvalue weighted by atomic mass is 10.1. The van der Waals surface area contributed by atoms with Gasteiger partial charge in [-0.1, -0.05) is 11.8 Å². The Kier molecular flexibility index (Phi) is 5.85. The average Bonchev–Trinajstić information content (AvgIpc) is 2.41. The van der Waals surface area contributed by atoms with Gasteiger partial charge in [0.05, 0.1) is 17.7 Å². The second-order valence-corrected chi connectivity index (χ2v) is 3.30. The molecule has 2 amide bonds. The Morgan fingerprint density at radius 1 is 1.53 bits per heavy atom. The summed E-state index contributed by atoms with van der Waals surface area (Å²) < 4.78 is 4.47. The van der Waals surface area contributed by atoms with Crippen LogP contribution in [0.5, 0.6) is 0 Å². The molecule has 1 aromatic heterocycles. The van der Waals surface area contributed by atoms with E-state index in [-0.39, 0.29) is 25.7 Å². The van der Waals surface area contributed by atoms with Gasteiger partial charge in [0, 0.05) is 12.4 Å². The fraction of sp³-hybridized carbons (Fsp3) is 0.250. The number of pyridine rings is 1. The van der Waals surface area contributed by atoms with E-state index in [2.05, 4.69) is 26.9 Å². The van der Waals surface area contributed by atoms with E-state index in [1.165, 1.54) is 18.5 Å². The van der Waals surface area contributed by atoms with E-state index < -0.39 is 6.09 Å². The molecule has 4 N–H and O–H groups in total. The molecule has 0 aromatic carbocycles. The number of hydrogen-bond donors (Lipinski definition) is 3. The Balaban J connectivity index is 2.63. The van der Waals surface area contributed by atoms with Crippen LogP contribution >= 0.6 is 0 Å². The van der Waals surface area contributed by atoms with Crippen LogP contribution in [0, 0.1) is 11.8 Å². The zero-order valence-corrected chi connectivity index (χ0v) is 10.0. The topological polar surface area (TPSA) is 115 Å². The fourth-order valence-corrected chi connectivity index (χ4v) is 1.24. The van der Waals surface area contributed by atoms with Crippen molar-refractivity contribution in [2.24, 2.45) is 5.73 Å². The van der Waals surface area contributed by atoms with Crippen molar-refractivity contribution in [3.05, 3.63) is 29.6 Å². The van der Waals surface area contributed by atoms with Gasteiger partial charge in [0.25, 0.3) is 5.91 Å². The number of ether oxygens (including phenoxy) is 1. The van der Waals surface area contributed by atoms with Crippen molar-refractivity contribution in [3.63, 3.8) is 0 Å². The van der Waals surface area contributed by atoms with Crippen molar-refractivity contribution >= 4 is 12.0 Å². The van der Waals surface area contributed by atoms with E-state index >= 15 is 0 Å². The van der Waals surface area contributed by atoms with Crippen molar-refractivity contribution < 1.29 is 19.4 Å². The third-order valence-electron chi connectivity index (χ3n) is 2.00. The first-order valence-electron chi connectivity index (χ1n) is 5.39. The standard InChI is InChI=1S/C12H13N3O4/c13-12(18)19-7-5-15-11(17)10-3-4-14-8-9(10)2-1-6-16/h3-4,8,16H,5-7H2,(H2,13,18)(H,15,17). The van der Waals surface area contributed by atoms with Crippen molar-refractivity contribution in [2.75, 3.05) is 19.8 Å². The Bertz CT molecular complexity index is 519. The third kappa shape index (κ3) is 5.06. The van der Waals surface area contributed by atoms with Gasteiger partial charge in [-0.2, -0.15) is 0 Å². The zero-order chi connectivity index (χ0) is 14.1. The Morgan fingerprint density at radius 3 is 3.00 bits per heavy atom. The number of aliphatic hydroxyl groups is 1. The fourth-order valence-electron chi connectivity index (χ4n) is 1.24. The molecule has 0 saturated carbocycles. The van der Waals surface area contributed by atoms with Crippen molar-refractivity contribution in [1.29, 1.82) is 0 Å². The quantitative estimate of drug-likeness (QED) is 0.488. The highest BCUT2D eigenvalue weighted by molar-refractivity contribution is 5.96. The van der Waals surface area contributed by atoms with E-state index in [0.717, 1.165) is 0 Å². The van der Waals surface area contributed by atoms with E-state index in [4.69, 9.17) is 10.8 Å². The summed E-state index contributed by atoms with van der Waals surface area (Å²) in [7, 11) is 0. The molecule has 19 heavy (non-hydrogen) atoms. The molecule has 0 saturated heterocycles. The van der Waals surface area contributed by atoms with Crippen LogP contribution < -0.4 is 11.1 Å². The molecule has 0 spiro atoms. The van der Waals surface area contributed by atoms with Crippen molar-refractivity contribution in [2.45, 2.75) is 0 Å². The minimum atomic E-state index is -0.896. The maximum atomic E-state index is 11.8. The minimum absolute atomic E-state index is 0.0101. The van der Waals surface area contributed by atoms with Crippen LogP contribution in [0.4, 0.5) is 4.79 Å². The number of nitrogens with two attached hydrogens (primary N) is 1. The van der Waals surface area contributed by atoms with E-state index in [9.17, 15) is 9.59 Å². The Morgan fingerprint density at radius 2 is 2.32 bits per heavy atom. The number of primary amides is 1. The van der Waals surface area contributed by atoms with Gasteiger partial charge in [-0.3, -0.25) is 9.78 Å². The highest BCUT2D eigenvalue weighted by atomic mass is 16.5. The van der Waals surface area contributed by atoms with Crippen LogP contribution in [0.2, 0.25) is 0 Å². The van der Waals surface area contributed by atoms with Crippen LogP contribution in [0.1, 0.15) is 15.9 Å². The first-order chi connectivity index (χ1) is 9.15. The number of nitrogens with one attached hydrogen (secondary N) is 1. The smallest absolute Gasteiger partial charge is 0.404 e. The molecule has 7 heteroatoms. The van der Waals surface area contributed by atoms with E-state index in [1.807, 2.05) is 0 Å². The summed E-state index contributed by atoms with van der Waals surface area (Å²) in [6.07, 6.45) is 1.99. The SMILES string of the molecule is NC(=O)OCCNC(=O)c1ccncc1C#CCO. The monoisotopic (exact) mass is 263 g/mol. The molecule has 0 unspecified atom stereocenters. The van der Waals surface area contributed by atoms with Crippen LogP contribution in [0.25, 0.3) is 0 Å². The molecule has 0 fully saturated rings. The second-order valence-electron chi connectivity index (χ2n) is 3.30. The molecule has 0 radical (unpaired) electrons.